The second kappa shape index (κ2) is 9.36. The quantitative estimate of drug-likeness (QED) is 0.392. The summed E-state index contributed by atoms with van der Waals surface area (Å²) in [5, 5.41) is 15.5. The van der Waals surface area contributed by atoms with Gasteiger partial charge in [0.2, 0.25) is 5.91 Å². The zero-order valence-corrected chi connectivity index (χ0v) is 20.1. The van der Waals surface area contributed by atoms with Gasteiger partial charge in [0.25, 0.3) is 0 Å². The maximum atomic E-state index is 13.0. The first-order chi connectivity index (χ1) is 16.1. The van der Waals surface area contributed by atoms with Crippen molar-refractivity contribution in [2.24, 2.45) is 7.05 Å². The number of anilines is 2. The van der Waals surface area contributed by atoms with Gasteiger partial charge in [-0.2, -0.15) is 0 Å². The fourth-order valence-corrected chi connectivity index (χ4v) is 5.53. The number of nitrogens with zero attached hydrogens (tertiary/aromatic N) is 5. The third-order valence-electron chi connectivity index (χ3n) is 5.70. The first-order valence-electron chi connectivity index (χ1n) is 10.8. The average Bonchev–Trinajstić information content (AvgIpc) is 3.53. The van der Waals surface area contributed by atoms with Gasteiger partial charge in [-0.05, 0) is 25.0 Å². The van der Waals surface area contributed by atoms with Crippen LogP contribution >= 0.6 is 23.1 Å². The van der Waals surface area contributed by atoms with Crippen LogP contribution < -0.4 is 10.2 Å². The summed E-state index contributed by atoms with van der Waals surface area (Å²) in [6.45, 7) is 2.60. The normalized spacial score (nSPS) is 15.0. The van der Waals surface area contributed by atoms with Crippen LogP contribution in [0.4, 0.5) is 10.8 Å². The lowest BCUT2D eigenvalue weighted by Crippen LogP contribution is -2.37. The van der Waals surface area contributed by atoms with Gasteiger partial charge in [0, 0.05) is 29.7 Å². The standard InChI is InChI=1S/C24H24N6OS2/c1-16-12-18-10-6-7-11-20(18)30(16)22(31)15-33-24-28-27-21(29(24)2)13-25-23-26-19(14-32-23)17-8-4-3-5-9-17/h3-11,14,16H,12-13,15H2,1-2H3,(H,25,26). The summed E-state index contributed by atoms with van der Waals surface area (Å²) in [6, 6.07) is 18.4. The molecule has 1 amide bonds. The maximum Gasteiger partial charge on any atom is 0.237 e. The first kappa shape index (κ1) is 21.7. The summed E-state index contributed by atoms with van der Waals surface area (Å²) in [7, 11) is 1.93. The van der Waals surface area contributed by atoms with Gasteiger partial charge in [-0.15, -0.1) is 21.5 Å². The van der Waals surface area contributed by atoms with E-state index >= 15 is 0 Å². The molecule has 33 heavy (non-hydrogen) atoms. The van der Waals surface area contributed by atoms with Crippen LogP contribution in [0.2, 0.25) is 0 Å². The molecule has 4 aromatic rings. The number of benzene rings is 2. The molecule has 1 aliphatic rings. The van der Waals surface area contributed by atoms with Crippen molar-refractivity contribution < 1.29 is 4.79 Å². The Kier molecular flexibility index (Phi) is 6.15. The zero-order chi connectivity index (χ0) is 22.8. The number of thiazole rings is 1. The van der Waals surface area contributed by atoms with Crippen LogP contribution in [-0.4, -0.2) is 37.5 Å². The van der Waals surface area contributed by atoms with E-state index in [1.165, 1.54) is 17.3 Å². The molecule has 0 saturated carbocycles. The van der Waals surface area contributed by atoms with Gasteiger partial charge in [-0.25, -0.2) is 4.98 Å². The largest absolute Gasteiger partial charge is 0.354 e. The van der Waals surface area contributed by atoms with Crippen LogP contribution in [0.1, 0.15) is 18.3 Å². The number of carbonyl (C=O) groups excluding carboxylic acids is 1. The van der Waals surface area contributed by atoms with Gasteiger partial charge < -0.3 is 14.8 Å². The number of aromatic nitrogens is 4. The fraction of sp³-hybridized carbons (Fsp3) is 0.250. The minimum absolute atomic E-state index is 0.0938. The number of para-hydroxylation sites is 1. The summed E-state index contributed by atoms with van der Waals surface area (Å²) in [5.74, 6) is 1.21. The molecule has 3 heterocycles. The Labute approximate surface area is 200 Å². The average molecular weight is 477 g/mol. The molecule has 168 valence electrons. The smallest absolute Gasteiger partial charge is 0.237 e. The van der Waals surface area contributed by atoms with Crippen molar-refractivity contribution in [3.05, 3.63) is 71.4 Å². The number of amides is 1. The molecule has 2 aromatic heterocycles. The molecule has 1 aliphatic heterocycles. The van der Waals surface area contributed by atoms with Crippen molar-refractivity contribution in [2.45, 2.75) is 31.1 Å². The van der Waals surface area contributed by atoms with Crippen molar-refractivity contribution in [1.29, 1.82) is 0 Å². The summed E-state index contributed by atoms with van der Waals surface area (Å²) in [5.41, 5.74) is 4.30. The predicted molar refractivity (Wildman–Crippen MR) is 134 cm³/mol. The molecular formula is C24H24N6OS2. The Morgan fingerprint density at radius 3 is 2.79 bits per heavy atom. The highest BCUT2D eigenvalue weighted by Gasteiger charge is 2.30. The van der Waals surface area contributed by atoms with Gasteiger partial charge in [-0.3, -0.25) is 4.79 Å². The lowest BCUT2D eigenvalue weighted by molar-refractivity contribution is -0.116. The highest BCUT2D eigenvalue weighted by atomic mass is 32.2. The number of nitrogens with one attached hydrogen (secondary N) is 1. The molecule has 2 aromatic carbocycles. The highest BCUT2D eigenvalue weighted by Crippen LogP contribution is 2.32. The van der Waals surface area contributed by atoms with Crippen molar-refractivity contribution in [1.82, 2.24) is 19.7 Å². The third-order valence-corrected chi connectivity index (χ3v) is 7.50. The maximum absolute atomic E-state index is 13.0. The second-order valence-corrected chi connectivity index (χ2v) is 9.75. The van der Waals surface area contributed by atoms with E-state index in [0.717, 1.165) is 39.5 Å². The number of carbonyl (C=O) groups is 1. The van der Waals surface area contributed by atoms with E-state index in [1.807, 2.05) is 70.4 Å². The Morgan fingerprint density at radius 2 is 1.94 bits per heavy atom. The first-order valence-corrected chi connectivity index (χ1v) is 12.6. The van der Waals surface area contributed by atoms with Crippen LogP contribution in [0.5, 0.6) is 0 Å². The van der Waals surface area contributed by atoms with Crippen molar-refractivity contribution in [2.75, 3.05) is 16.0 Å². The number of hydrogen-bond acceptors (Lipinski definition) is 7. The van der Waals surface area contributed by atoms with E-state index in [1.54, 1.807) is 11.3 Å². The van der Waals surface area contributed by atoms with Crippen molar-refractivity contribution in [3.63, 3.8) is 0 Å². The van der Waals surface area contributed by atoms with Crippen LogP contribution in [0, 0.1) is 0 Å². The molecule has 1 atom stereocenters. The van der Waals surface area contributed by atoms with Gasteiger partial charge >= 0.3 is 0 Å². The summed E-state index contributed by atoms with van der Waals surface area (Å²) in [6.07, 6.45) is 0.898. The minimum atomic E-state index is 0.0938. The van der Waals surface area contributed by atoms with E-state index in [9.17, 15) is 4.79 Å². The molecule has 1 unspecified atom stereocenters. The SMILES string of the molecule is CC1Cc2ccccc2N1C(=O)CSc1nnc(CNc2nc(-c3ccccc3)cs2)n1C. The topological polar surface area (TPSA) is 75.9 Å². The van der Waals surface area contributed by atoms with Crippen molar-refractivity contribution in [3.8, 4) is 11.3 Å². The Morgan fingerprint density at radius 1 is 1.15 bits per heavy atom. The third kappa shape index (κ3) is 4.51. The molecular weight excluding hydrogens is 452 g/mol. The molecule has 5 rings (SSSR count). The lowest BCUT2D eigenvalue weighted by Gasteiger charge is -2.22. The van der Waals surface area contributed by atoms with Crippen LogP contribution in [0.3, 0.4) is 0 Å². The highest BCUT2D eigenvalue weighted by molar-refractivity contribution is 7.99. The van der Waals surface area contributed by atoms with E-state index in [-0.39, 0.29) is 11.9 Å². The molecule has 7 nitrogen and oxygen atoms in total. The van der Waals surface area contributed by atoms with Gasteiger partial charge in [-0.1, -0.05) is 60.3 Å². The Balaban J connectivity index is 1.19. The molecule has 0 spiro atoms. The molecule has 9 heteroatoms. The van der Waals surface area contributed by atoms with Crippen LogP contribution in [0.15, 0.2) is 65.1 Å². The van der Waals surface area contributed by atoms with E-state index in [4.69, 9.17) is 0 Å². The summed E-state index contributed by atoms with van der Waals surface area (Å²) < 4.78 is 1.93. The van der Waals surface area contributed by atoms with E-state index in [0.29, 0.717) is 12.3 Å². The molecule has 0 fully saturated rings. The number of fused-ring (bicyclic) bond motifs is 1. The number of hydrogen-bond donors (Lipinski definition) is 1. The number of thioether (sulfide) groups is 1. The van der Waals surface area contributed by atoms with Gasteiger partial charge in [0.1, 0.15) is 0 Å². The van der Waals surface area contributed by atoms with E-state index < -0.39 is 0 Å². The van der Waals surface area contributed by atoms with Gasteiger partial charge in [0.05, 0.1) is 18.0 Å². The molecule has 1 N–H and O–H groups in total. The molecule has 0 saturated heterocycles. The van der Waals surface area contributed by atoms with Crippen molar-refractivity contribution >= 4 is 39.8 Å². The summed E-state index contributed by atoms with van der Waals surface area (Å²) in [4.78, 5) is 19.5. The van der Waals surface area contributed by atoms with E-state index in [2.05, 4.69) is 33.5 Å². The van der Waals surface area contributed by atoms with Crippen LogP contribution in [0.25, 0.3) is 11.3 Å². The lowest BCUT2D eigenvalue weighted by atomic mass is 10.1. The molecule has 0 aliphatic carbocycles. The van der Waals surface area contributed by atoms with Gasteiger partial charge in [0.15, 0.2) is 16.1 Å². The number of rotatable bonds is 7. The summed E-state index contributed by atoms with van der Waals surface area (Å²) >= 11 is 2.98. The molecule has 0 bridgehead atoms. The predicted octanol–water partition coefficient (Wildman–Crippen LogP) is 4.62. The Bertz CT molecular complexity index is 1270. The Hall–Kier alpha value is -3.17. The van der Waals surface area contributed by atoms with Crippen LogP contribution in [-0.2, 0) is 24.8 Å². The second-order valence-electron chi connectivity index (χ2n) is 7.95. The fourth-order valence-electron chi connectivity index (χ4n) is 4.02. The minimum Gasteiger partial charge on any atom is -0.354 e. The zero-order valence-electron chi connectivity index (χ0n) is 18.4. The molecule has 0 radical (unpaired) electrons. The monoisotopic (exact) mass is 476 g/mol.